The molecule has 8 nitrogen and oxygen atoms in total. The zero-order valence-corrected chi connectivity index (χ0v) is 20.6. The van der Waals surface area contributed by atoms with Gasteiger partial charge in [0, 0.05) is 18.3 Å². The van der Waals surface area contributed by atoms with Crippen molar-refractivity contribution in [2.75, 3.05) is 0 Å². The third-order valence-electron chi connectivity index (χ3n) is 5.87. The first kappa shape index (κ1) is 25.3. The van der Waals surface area contributed by atoms with Crippen LogP contribution in [0.25, 0.3) is 11.2 Å². The first-order valence-corrected chi connectivity index (χ1v) is 11.7. The number of rotatable bonds is 6. The van der Waals surface area contributed by atoms with E-state index in [2.05, 4.69) is 9.97 Å². The molecule has 0 bridgehead atoms. The third kappa shape index (κ3) is 4.92. The maximum atomic E-state index is 13.3. The van der Waals surface area contributed by atoms with Crippen LogP contribution in [0.3, 0.4) is 0 Å². The first-order chi connectivity index (χ1) is 18.1. The van der Waals surface area contributed by atoms with Crippen LogP contribution in [0.4, 0.5) is 13.2 Å². The van der Waals surface area contributed by atoms with Crippen molar-refractivity contribution in [1.29, 1.82) is 0 Å². The Labute approximate surface area is 218 Å². The van der Waals surface area contributed by atoms with E-state index in [1.165, 1.54) is 28.3 Å². The van der Waals surface area contributed by atoms with Crippen molar-refractivity contribution >= 4 is 22.8 Å². The van der Waals surface area contributed by atoms with Crippen molar-refractivity contribution in [3.8, 4) is 11.8 Å². The monoisotopic (exact) mass is 541 g/mol. The summed E-state index contributed by atoms with van der Waals surface area (Å²) in [5.74, 6) is -0.136. The molecule has 5 rings (SSSR count). The first-order valence-electron chi connectivity index (χ1n) is 11.3. The minimum atomic E-state index is -4.58. The predicted molar refractivity (Wildman–Crippen MR) is 135 cm³/mol. The molecule has 12 heteroatoms. The summed E-state index contributed by atoms with van der Waals surface area (Å²) in [4.78, 5) is 35.1. The van der Waals surface area contributed by atoms with Gasteiger partial charge < -0.3 is 4.74 Å². The van der Waals surface area contributed by atoms with Crippen LogP contribution in [-0.2, 0) is 26.3 Å². The van der Waals surface area contributed by atoms with Gasteiger partial charge in [-0.05, 0) is 48.0 Å². The van der Waals surface area contributed by atoms with E-state index in [1.54, 1.807) is 48.7 Å². The van der Waals surface area contributed by atoms with Crippen molar-refractivity contribution in [2.45, 2.75) is 19.3 Å². The van der Waals surface area contributed by atoms with Crippen LogP contribution in [0.2, 0.25) is 5.02 Å². The lowest BCUT2D eigenvalue weighted by atomic mass is 10.2. The lowest BCUT2D eigenvalue weighted by molar-refractivity contribution is -0.137. The van der Waals surface area contributed by atoms with Crippen LogP contribution in [-0.4, -0.2) is 23.7 Å². The van der Waals surface area contributed by atoms with Crippen LogP contribution in [0.5, 0.6) is 11.8 Å². The molecule has 0 saturated carbocycles. The van der Waals surface area contributed by atoms with Crippen LogP contribution < -0.4 is 16.0 Å². The predicted octanol–water partition coefficient (Wildman–Crippen LogP) is 4.85. The van der Waals surface area contributed by atoms with Crippen molar-refractivity contribution in [1.82, 2.24) is 23.7 Å². The lowest BCUT2D eigenvalue weighted by Gasteiger charge is -2.12. The summed E-state index contributed by atoms with van der Waals surface area (Å²) in [6, 6.07) is 16.2. The molecule has 0 aliphatic rings. The van der Waals surface area contributed by atoms with Gasteiger partial charge in [0.05, 0.1) is 24.3 Å². The lowest BCUT2D eigenvalue weighted by Crippen LogP contribution is -2.39. The van der Waals surface area contributed by atoms with Crippen LogP contribution in [0.15, 0.2) is 82.5 Å². The molecule has 0 spiro atoms. The number of imidazole rings is 1. The van der Waals surface area contributed by atoms with Crippen molar-refractivity contribution in [3.05, 3.63) is 116 Å². The van der Waals surface area contributed by atoms with Gasteiger partial charge in [0.1, 0.15) is 5.75 Å². The van der Waals surface area contributed by atoms with Gasteiger partial charge in [0.25, 0.3) is 5.56 Å². The quantitative estimate of drug-likeness (QED) is 0.307. The molecule has 0 unspecified atom stereocenters. The Bertz CT molecular complexity index is 1740. The number of aromatic nitrogens is 5. The van der Waals surface area contributed by atoms with E-state index in [1.807, 2.05) is 0 Å². The van der Waals surface area contributed by atoms with E-state index in [0.717, 1.165) is 16.7 Å². The SMILES string of the molecule is Cn1c(=O)c2c(nc(Oc3cccc(C(F)(F)F)c3)n2Cc2ccc(Cl)cc2)n(Cc2ccccn2)c1=O. The number of fused-ring (bicyclic) bond motifs is 1. The van der Waals surface area contributed by atoms with E-state index in [-0.39, 0.29) is 36.0 Å². The molecule has 2 aromatic carbocycles. The number of hydrogen-bond acceptors (Lipinski definition) is 5. The summed E-state index contributed by atoms with van der Waals surface area (Å²) < 4.78 is 49.4. The summed E-state index contributed by atoms with van der Waals surface area (Å²) in [7, 11) is 1.34. The number of nitrogens with zero attached hydrogens (tertiary/aromatic N) is 5. The standard InChI is InChI=1S/C26H19ClF3N5O3/c1-33-23(36)21-22(35(25(33)37)15-19-6-2-3-12-31-19)32-24(34(21)14-16-8-10-18(27)11-9-16)38-20-7-4-5-17(13-20)26(28,29)30/h2-13H,14-15H2,1H3. The fraction of sp³-hybridized carbons (Fsp3) is 0.154. The highest BCUT2D eigenvalue weighted by Crippen LogP contribution is 2.33. The number of ether oxygens (including phenoxy) is 1. The normalized spacial score (nSPS) is 11.7. The van der Waals surface area contributed by atoms with E-state index < -0.39 is 23.0 Å². The van der Waals surface area contributed by atoms with Gasteiger partial charge >= 0.3 is 17.9 Å². The van der Waals surface area contributed by atoms with Crippen LogP contribution in [0, 0.1) is 0 Å². The summed E-state index contributed by atoms with van der Waals surface area (Å²) in [5.41, 5.74) is -0.857. The summed E-state index contributed by atoms with van der Waals surface area (Å²) >= 11 is 6.01. The van der Waals surface area contributed by atoms with E-state index in [4.69, 9.17) is 16.3 Å². The van der Waals surface area contributed by atoms with Gasteiger partial charge in [0.15, 0.2) is 11.2 Å². The molecule has 0 fully saturated rings. The van der Waals surface area contributed by atoms with Gasteiger partial charge in [-0.3, -0.25) is 23.5 Å². The maximum Gasteiger partial charge on any atom is 0.416 e. The molecule has 0 aliphatic heterocycles. The minimum absolute atomic E-state index is 0.00521. The number of halogens is 4. The second-order valence-electron chi connectivity index (χ2n) is 8.46. The fourth-order valence-corrected chi connectivity index (χ4v) is 4.10. The van der Waals surface area contributed by atoms with Crippen molar-refractivity contribution in [2.24, 2.45) is 7.05 Å². The molecule has 3 aromatic heterocycles. The van der Waals surface area contributed by atoms with Gasteiger partial charge in [-0.1, -0.05) is 35.9 Å². The largest absolute Gasteiger partial charge is 0.425 e. The Hall–Kier alpha value is -4.38. The number of pyridine rings is 1. The van der Waals surface area contributed by atoms with Crippen LogP contribution >= 0.6 is 11.6 Å². The Morgan fingerprint density at radius 1 is 0.947 bits per heavy atom. The fourth-order valence-electron chi connectivity index (χ4n) is 3.97. The average molecular weight is 542 g/mol. The van der Waals surface area contributed by atoms with Gasteiger partial charge in [0.2, 0.25) is 0 Å². The van der Waals surface area contributed by atoms with Crippen molar-refractivity contribution in [3.63, 3.8) is 0 Å². The molecular weight excluding hydrogens is 523 g/mol. The van der Waals surface area contributed by atoms with Crippen molar-refractivity contribution < 1.29 is 17.9 Å². The summed E-state index contributed by atoms with van der Waals surface area (Å²) in [6.07, 6.45) is -3.01. The number of alkyl halides is 3. The molecule has 0 atom stereocenters. The molecule has 0 radical (unpaired) electrons. The molecule has 5 aromatic rings. The zero-order chi connectivity index (χ0) is 27.0. The smallest absolute Gasteiger partial charge is 0.416 e. The molecule has 38 heavy (non-hydrogen) atoms. The van der Waals surface area contributed by atoms with Gasteiger partial charge in [-0.15, -0.1) is 0 Å². The molecular formula is C26H19ClF3N5O3. The average Bonchev–Trinajstić information content (AvgIpc) is 3.24. The molecule has 0 amide bonds. The summed E-state index contributed by atoms with van der Waals surface area (Å²) in [6.45, 7) is 0.0737. The molecule has 0 aliphatic carbocycles. The van der Waals surface area contributed by atoms with Crippen LogP contribution in [0.1, 0.15) is 16.8 Å². The number of benzene rings is 2. The Morgan fingerprint density at radius 2 is 1.71 bits per heavy atom. The molecule has 0 saturated heterocycles. The highest BCUT2D eigenvalue weighted by molar-refractivity contribution is 6.30. The topological polar surface area (TPSA) is 83.9 Å². The second-order valence-corrected chi connectivity index (χ2v) is 8.90. The maximum absolute atomic E-state index is 13.3. The Morgan fingerprint density at radius 3 is 2.39 bits per heavy atom. The molecule has 194 valence electrons. The Kier molecular flexibility index (Phi) is 6.53. The molecule has 3 heterocycles. The Balaban J connectivity index is 1.72. The third-order valence-corrected chi connectivity index (χ3v) is 6.12. The summed E-state index contributed by atoms with van der Waals surface area (Å²) in [5, 5.41) is 0.504. The highest BCUT2D eigenvalue weighted by Gasteiger charge is 2.31. The van der Waals surface area contributed by atoms with Gasteiger partial charge in [-0.25, -0.2) is 4.79 Å². The van der Waals surface area contributed by atoms with E-state index in [9.17, 15) is 22.8 Å². The van der Waals surface area contributed by atoms with E-state index >= 15 is 0 Å². The minimum Gasteiger partial charge on any atom is -0.425 e. The molecule has 0 N–H and O–H groups in total. The zero-order valence-electron chi connectivity index (χ0n) is 19.8. The highest BCUT2D eigenvalue weighted by atomic mass is 35.5. The number of hydrogen-bond donors (Lipinski definition) is 0. The van der Waals surface area contributed by atoms with E-state index in [0.29, 0.717) is 16.3 Å². The second kappa shape index (κ2) is 9.82. The van der Waals surface area contributed by atoms with Gasteiger partial charge in [-0.2, -0.15) is 18.2 Å².